The van der Waals surface area contributed by atoms with Crippen LogP contribution in [0.25, 0.3) is 21.0 Å². The molecule has 0 saturated heterocycles. The molecular formula is C18H10Cl2N2OS. The van der Waals surface area contributed by atoms with Gasteiger partial charge in [-0.3, -0.25) is 10.1 Å². The first kappa shape index (κ1) is 15.4. The van der Waals surface area contributed by atoms with Crippen LogP contribution >= 0.6 is 34.5 Å². The zero-order valence-corrected chi connectivity index (χ0v) is 14.5. The number of amides is 1. The summed E-state index contributed by atoms with van der Waals surface area (Å²) in [4.78, 5) is 16.9. The lowest BCUT2D eigenvalue weighted by atomic mass is 10.1. The standard InChI is InChI=1S/C18H10Cl2N2OS/c19-13-7-8-14(20)16-15(13)21-18(24-16)22-17(23)12-6-5-10-3-1-2-4-11(10)9-12/h1-9H,(H,21,22,23). The second kappa shape index (κ2) is 6.06. The SMILES string of the molecule is O=C(Nc1nc2c(Cl)ccc(Cl)c2s1)c1ccc2ccccc2c1. The molecular weight excluding hydrogens is 363 g/mol. The minimum Gasteiger partial charge on any atom is -0.298 e. The number of nitrogens with zero attached hydrogens (tertiary/aromatic N) is 1. The molecule has 1 amide bonds. The van der Waals surface area contributed by atoms with E-state index in [0.717, 1.165) is 15.5 Å². The van der Waals surface area contributed by atoms with Crippen molar-refractivity contribution in [3.63, 3.8) is 0 Å². The highest BCUT2D eigenvalue weighted by Crippen LogP contribution is 2.36. The highest BCUT2D eigenvalue weighted by Gasteiger charge is 2.14. The van der Waals surface area contributed by atoms with Crippen LogP contribution < -0.4 is 5.32 Å². The van der Waals surface area contributed by atoms with Gasteiger partial charge >= 0.3 is 0 Å². The quantitative estimate of drug-likeness (QED) is 0.468. The predicted molar refractivity (Wildman–Crippen MR) is 102 cm³/mol. The van der Waals surface area contributed by atoms with E-state index >= 15 is 0 Å². The molecule has 0 aliphatic rings. The number of anilines is 1. The summed E-state index contributed by atoms with van der Waals surface area (Å²) in [5.41, 5.74) is 1.17. The maximum absolute atomic E-state index is 12.5. The minimum absolute atomic E-state index is 0.216. The molecule has 4 aromatic rings. The summed E-state index contributed by atoms with van der Waals surface area (Å²) in [6, 6.07) is 16.9. The van der Waals surface area contributed by atoms with E-state index in [9.17, 15) is 4.79 Å². The van der Waals surface area contributed by atoms with E-state index in [2.05, 4.69) is 10.3 Å². The Bertz CT molecular complexity index is 1050. The lowest BCUT2D eigenvalue weighted by Crippen LogP contribution is -2.11. The molecule has 0 atom stereocenters. The zero-order valence-electron chi connectivity index (χ0n) is 12.2. The van der Waals surface area contributed by atoms with Crippen LogP contribution in [0.4, 0.5) is 5.13 Å². The number of hydrogen-bond acceptors (Lipinski definition) is 3. The van der Waals surface area contributed by atoms with Gasteiger partial charge in [0, 0.05) is 5.56 Å². The second-order valence-electron chi connectivity index (χ2n) is 5.24. The molecule has 0 unspecified atom stereocenters. The third-order valence-electron chi connectivity index (χ3n) is 3.68. The van der Waals surface area contributed by atoms with Crippen molar-refractivity contribution in [2.24, 2.45) is 0 Å². The third-order valence-corrected chi connectivity index (χ3v) is 5.41. The third kappa shape index (κ3) is 2.73. The van der Waals surface area contributed by atoms with Crippen molar-refractivity contribution < 1.29 is 4.79 Å². The van der Waals surface area contributed by atoms with Crippen molar-refractivity contribution in [2.75, 3.05) is 5.32 Å². The first-order valence-electron chi connectivity index (χ1n) is 7.16. The number of carbonyl (C=O) groups excluding carboxylic acids is 1. The summed E-state index contributed by atoms with van der Waals surface area (Å²) in [6.07, 6.45) is 0. The molecule has 0 saturated carbocycles. The maximum Gasteiger partial charge on any atom is 0.257 e. The number of rotatable bonds is 2. The van der Waals surface area contributed by atoms with Gasteiger partial charge in [-0.15, -0.1) is 0 Å². The van der Waals surface area contributed by atoms with Crippen LogP contribution in [-0.2, 0) is 0 Å². The molecule has 24 heavy (non-hydrogen) atoms. The normalized spacial score (nSPS) is 11.1. The molecule has 3 nitrogen and oxygen atoms in total. The molecule has 1 N–H and O–H groups in total. The Balaban J connectivity index is 1.68. The Kier molecular flexibility index (Phi) is 3.88. The number of hydrogen-bond donors (Lipinski definition) is 1. The van der Waals surface area contributed by atoms with E-state index in [-0.39, 0.29) is 5.91 Å². The average Bonchev–Trinajstić information content (AvgIpc) is 3.03. The summed E-state index contributed by atoms with van der Waals surface area (Å²) in [5, 5.41) is 6.47. The molecule has 0 bridgehead atoms. The summed E-state index contributed by atoms with van der Waals surface area (Å²) in [5.74, 6) is -0.216. The number of carbonyl (C=O) groups is 1. The smallest absolute Gasteiger partial charge is 0.257 e. The molecule has 1 heterocycles. The average molecular weight is 373 g/mol. The molecule has 4 rings (SSSR count). The molecule has 3 aromatic carbocycles. The van der Waals surface area contributed by atoms with Gasteiger partial charge in [0.2, 0.25) is 0 Å². The lowest BCUT2D eigenvalue weighted by Gasteiger charge is -2.03. The van der Waals surface area contributed by atoms with E-state index in [0.29, 0.717) is 26.3 Å². The molecule has 118 valence electrons. The highest BCUT2D eigenvalue weighted by molar-refractivity contribution is 7.23. The van der Waals surface area contributed by atoms with Crippen molar-refractivity contribution in [1.82, 2.24) is 4.98 Å². The largest absolute Gasteiger partial charge is 0.298 e. The van der Waals surface area contributed by atoms with E-state index in [1.807, 2.05) is 36.4 Å². The molecule has 1 aromatic heterocycles. The van der Waals surface area contributed by atoms with Crippen molar-refractivity contribution in [2.45, 2.75) is 0 Å². The van der Waals surface area contributed by atoms with Gasteiger partial charge < -0.3 is 0 Å². The number of halogens is 2. The van der Waals surface area contributed by atoms with Gasteiger partial charge in [0.25, 0.3) is 5.91 Å². The predicted octanol–water partition coefficient (Wildman–Crippen LogP) is 6.01. The first-order valence-corrected chi connectivity index (χ1v) is 8.74. The van der Waals surface area contributed by atoms with Gasteiger partial charge in [-0.25, -0.2) is 4.98 Å². The van der Waals surface area contributed by atoms with Crippen molar-refractivity contribution >= 4 is 66.6 Å². The molecule has 0 aliphatic carbocycles. The lowest BCUT2D eigenvalue weighted by molar-refractivity contribution is 0.102. The summed E-state index contributed by atoms with van der Waals surface area (Å²) in [7, 11) is 0. The van der Waals surface area contributed by atoms with Crippen LogP contribution in [0.5, 0.6) is 0 Å². The Morgan fingerprint density at radius 2 is 1.71 bits per heavy atom. The van der Waals surface area contributed by atoms with Crippen LogP contribution in [0, 0.1) is 0 Å². The fourth-order valence-corrected chi connectivity index (χ4v) is 3.91. The maximum atomic E-state index is 12.5. The summed E-state index contributed by atoms with van der Waals surface area (Å²) >= 11 is 13.6. The van der Waals surface area contributed by atoms with Gasteiger partial charge in [0.05, 0.1) is 14.7 Å². The number of thiazole rings is 1. The van der Waals surface area contributed by atoms with E-state index in [1.54, 1.807) is 18.2 Å². The van der Waals surface area contributed by atoms with E-state index < -0.39 is 0 Å². The van der Waals surface area contributed by atoms with Crippen LogP contribution in [0.2, 0.25) is 10.0 Å². The van der Waals surface area contributed by atoms with Gasteiger partial charge in [-0.05, 0) is 35.0 Å². The van der Waals surface area contributed by atoms with Crippen molar-refractivity contribution in [1.29, 1.82) is 0 Å². The van der Waals surface area contributed by atoms with E-state index in [4.69, 9.17) is 23.2 Å². The summed E-state index contributed by atoms with van der Waals surface area (Å²) in [6.45, 7) is 0. The Morgan fingerprint density at radius 1 is 0.958 bits per heavy atom. The topological polar surface area (TPSA) is 42.0 Å². The fraction of sp³-hybridized carbons (Fsp3) is 0. The molecule has 0 fully saturated rings. The number of aromatic nitrogens is 1. The zero-order chi connectivity index (χ0) is 16.7. The second-order valence-corrected chi connectivity index (χ2v) is 7.06. The number of benzene rings is 3. The fourth-order valence-electron chi connectivity index (χ4n) is 2.50. The van der Waals surface area contributed by atoms with Crippen LogP contribution in [0.15, 0.2) is 54.6 Å². The van der Waals surface area contributed by atoms with Gasteiger partial charge in [0.15, 0.2) is 5.13 Å². The van der Waals surface area contributed by atoms with Crippen LogP contribution in [0.1, 0.15) is 10.4 Å². The monoisotopic (exact) mass is 372 g/mol. The summed E-state index contributed by atoms with van der Waals surface area (Å²) < 4.78 is 0.762. The van der Waals surface area contributed by atoms with Gasteiger partial charge in [0.1, 0.15) is 5.52 Å². The van der Waals surface area contributed by atoms with E-state index in [1.165, 1.54) is 11.3 Å². The number of nitrogens with one attached hydrogen (secondary N) is 1. The van der Waals surface area contributed by atoms with Gasteiger partial charge in [-0.2, -0.15) is 0 Å². The van der Waals surface area contributed by atoms with Crippen LogP contribution in [0.3, 0.4) is 0 Å². The molecule has 0 spiro atoms. The van der Waals surface area contributed by atoms with Crippen molar-refractivity contribution in [3.05, 3.63) is 70.2 Å². The Hall–Kier alpha value is -2.14. The molecule has 6 heteroatoms. The highest BCUT2D eigenvalue weighted by atomic mass is 35.5. The molecule has 0 aliphatic heterocycles. The number of fused-ring (bicyclic) bond motifs is 2. The van der Waals surface area contributed by atoms with Crippen LogP contribution in [-0.4, -0.2) is 10.9 Å². The minimum atomic E-state index is -0.216. The Labute approximate surface area is 151 Å². The first-order chi connectivity index (χ1) is 11.6. The van der Waals surface area contributed by atoms with Crippen molar-refractivity contribution in [3.8, 4) is 0 Å². The molecule has 0 radical (unpaired) electrons. The Morgan fingerprint density at radius 3 is 2.50 bits per heavy atom. The van der Waals surface area contributed by atoms with Gasteiger partial charge in [-0.1, -0.05) is 64.9 Å².